The molecule has 1 heterocycles. The van der Waals surface area contributed by atoms with Crippen molar-refractivity contribution in [3.8, 4) is 0 Å². The second-order valence-corrected chi connectivity index (χ2v) is 3.04. The minimum atomic E-state index is 0.879. The number of hydrogen-bond donors (Lipinski definition) is 0. The molecule has 0 aromatic carbocycles. The van der Waals surface area contributed by atoms with Gasteiger partial charge in [-0.3, -0.25) is 9.58 Å². The van der Waals surface area contributed by atoms with Crippen LogP contribution in [-0.4, -0.2) is 33.3 Å². The molecule has 0 amide bonds. The van der Waals surface area contributed by atoms with Crippen molar-refractivity contribution in [2.24, 2.45) is 7.05 Å². The Morgan fingerprint density at radius 2 is 2.33 bits per heavy atom. The summed E-state index contributed by atoms with van der Waals surface area (Å²) >= 11 is 0. The molecule has 1 aromatic rings. The van der Waals surface area contributed by atoms with Crippen molar-refractivity contribution in [1.82, 2.24) is 19.7 Å². The smallest absolute Gasteiger partial charge is 0.140 e. The first-order chi connectivity index (χ1) is 5.74. The highest BCUT2D eigenvalue weighted by molar-refractivity contribution is 4.82. The summed E-state index contributed by atoms with van der Waals surface area (Å²) in [6.45, 7) is 4.16. The SMILES string of the molecule is CCCN(C)Cc1ncnn1C. The zero-order chi connectivity index (χ0) is 8.97. The van der Waals surface area contributed by atoms with Crippen molar-refractivity contribution >= 4 is 0 Å². The number of rotatable bonds is 4. The predicted molar refractivity (Wildman–Crippen MR) is 47.6 cm³/mol. The van der Waals surface area contributed by atoms with Crippen LogP contribution >= 0.6 is 0 Å². The monoisotopic (exact) mass is 168 g/mol. The minimum absolute atomic E-state index is 0.879. The Bertz CT molecular complexity index is 231. The van der Waals surface area contributed by atoms with Gasteiger partial charge in [-0.1, -0.05) is 6.92 Å². The quantitative estimate of drug-likeness (QED) is 0.662. The normalized spacial score (nSPS) is 11.0. The van der Waals surface area contributed by atoms with Gasteiger partial charge in [-0.2, -0.15) is 5.10 Å². The van der Waals surface area contributed by atoms with Crippen LogP contribution < -0.4 is 0 Å². The molecule has 0 aliphatic carbocycles. The molecule has 4 heteroatoms. The highest BCUT2D eigenvalue weighted by Gasteiger charge is 2.03. The molecule has 0 unspecified atom stereocenters. The molecule has 0 spiro atoms. The van der Waals surface area contributed by atoms with E-state index < -0.39 is 0 Å². The van der Waals surface area contributed by atoms with E-state index in [0.717, 1.165) is 18.9 Å². The molecule has 12 heavy (non-hydrogen) atoms. The topological polar surface area (TPSA) is 34.0 Å². The van der Waals surface area contributed by atoms with Crippen LogP contribution in [0.25, 0.3) is 0 Å². The maximum atomic E-state index is 4.15. The molecule has 68 valence electrons. The molecule has 0 saturated carbocycles. The van der Waals surface area contributed by atoms with Crippen molar-refractivity contribution in [3.05, 3.63) is 12.2 Å². The van der Waals surface area contributed by atoms with E-state index in [-0.39, 0.29) is 0 Å². The van der Waals surface area contributed by atoms with Crippen LogP contribution in [0.2, 0.25) is 0 Å². The van der Waals surface area contributed by atoms with E-state index in [1.165, 1.54) is 6.42 Å². The summed E-state index contributed by atoms with van der Waals surface area (Å²) in [5, 5.41) is 4.01. The summed E-state index contributed by atoms with van der Waals surface area (Å²) in [7, 11) is 4.01. The number of nitrogens with zero attached hydrogens (tertiary/aromatic N) is 4. The van der Waals surface area contributed by atoms with Crippen LogP contribution in [0.1, 0.15) is 19.2 Å². The number of hydrogen-bond acceptors (Lipinski definition) is 3. The molecule has 0 bridgehead atoms. The van der Waals surface area contributed by atoms with Crippen molar-refractivity contribution in [2.45, 2.75) is 19.9 Å². The van der Waals surface area contributed by atoms with Crippen LogP contribution in [0.3, 0.4) is 0 Å². The van der Waals surface area contributed by atoms with Gasteiger partial charge in [0.25, 0.3) is 0 Å². The second-order valence-electron chi connectivity index (χ2n) is 3.04. The first-order valence-corrected chi connectivity index (χ1v) is 4.25. The Hall–Kier alpha value is -0.900. The van der Waals surface area contributed by atoms with Gasteiger partial charge in [0.2, 0.25) is 0 Å². The van der Waals surface area contributed by atoms with Gasteiger partial charge in [0.15, 0.2) is 0 Å². The van der Waals surface area contributed by atoms with Gasteiger partial charge >= 0.3 is 0 Å². The van der Waals surface area contributed by atoms with Crippen molar-refractivity contribution in [3.63, 3.8) is 0 Å². The molecule has 0 radical (unpaired) electrons. The fourth-order valence-corrected chi connectivity index (χ4v) is 1.17. The average Bonchev–Trinajstić information content (AvgIpc) is 2.37. The van der Waals surface area contributed by atoms with Gasteiger partial charge < -0.3 is 0 Å². The summed E-state index contributed by atoms with van der Waals surface area (Å²) < 4.78 is 1.81. The maximum absolute atomic E-state index is 4.15. The van der Waals surface area contributed by atoms with E-state index in [2.05, 4.69) is 29.0 Å². The Balaban J connectivity index is 2.46. The van der Waals surface area contributed by atoms with Gasteiger partial charge in [0, 0.05) is 7.05 Å². The lowest BCUT2D eigenvalue weighted by Gasteiger charge is -2.13. The molecule has 4 nitrogen and oxygen atoms in total. The lowest BCUT2D eigenvalue weighted by Crippen LogP contribution is -2.20. The Labute approximate surface area is 73.2 Å². The molecule has 0 atom stereocenters. The first kappa shape index (κ1) is 9.19. The van der Waals surface area contributed by atoms with E-state index in [9.17, 15) is 0 Å². The minimum Gasteiger partial charge on any atom is -0.299 e. The maximum Gasteiger partial charge on any atom is 0.140 e. The summed E-state index contributed by atoms with van der Waals surface area (Å²) in [4.78, 5) is 6.39. The van der Waals surface area contributed by atoms with Crippen LogP contribution in [0.4, 0.5) is 0 Å². The molecular weight excluding hydrogens is 152 g/mol. The molecule has 1 rings (SSSR count). The van der Waals surface area contributed by atoms with Gasteiger partial charge in [-0.05, 0) is 20.0 Å². The lowest BCUT2D eigenvalue weighted by molar-refractivity contribution is 0.313. The zero-order valence-corrected chi connectivity index (χ0v) is 7.99. The summed E-state index contributed by atoms with van der Waals surface area (Å²) in [6, 6.07) is 0. The third kappa shape index (κ3) is 2.30. The van der Waals surface area contributed by atoms with Crippen molar-refractivity contribution in [2.75, 3.05) is 13.6 Å². The van der Waals surface area contributed by atoms with Crippen molar-refractivity contribution in [1.29, 1.82) is 0 Å². The Kier molecular flexibility index (Phi) is 3.22. The van der Waals surface area contributed by atoms with Crippen LogP contribution in [0.15, 0.2) is 6.33 Å². The van der Waals surface area contributed by atoms with Gasteiger partial charge in [-0.25, -0.2) is 4.98 Å². The fraction of sp³-hybridized carbons (Fsp3) is 0.750. The number of aromatic nitrogens is 3. The largest absolute Gasteiger partial charge is 0.299 e. The van der Waals surface area contributed by atoms with Crippen molar-refractivity contribution < 1.29 is 0 Å². The average molecular weight is 168 g/mol. The summed E-state index contributed by atoms with van der Waals surface area (Å²) in [5.41, 5.74) is 0. The highest BCUT2D eigenvalue weighted by atomic mass is 15.3. The molecule has 0 fully saturated rings. The van der Waals surface area contributed by atoms with E-state index in [0.29, 0.717) is 0 Å². The van der Waals surface area contributed by atoms with Gasteiger partial charge in [0.05, 0.1) is 6.54 Å². The van der Waals surface area contributed by atoms with Crippen LogP contribution in [-0.2, 0) is 13.6 Å². The van der Waals surface area contributed by atoms with E-state index in [4.69, 9.17) is 0 Å². The Morgan fingerprint density at radius 3 is 2.83 bits per heavy atom. The first-order valence-electron chi connectivity index (χ1n) is 4.25. The lowest BCUT2D eigenvalue weighted by atomic mass is 10.4. The summed E-state index contributed by atoms with van der Waals surface area (Å²) in [5.74, 6) is 1.02. The van der Waals surface area contributed by atoms with E-state index in [1.807, 2.05) is 11.7 Å². The van der Waals surface area contributed by atoms with Gasteiger partial charge in [-0.15, -0.1) is 0 Å². The van der Waals surface area contributed by atoms with E-state index >= 15 is 0 Å². The third-order valence-corrected chi connectivity index (χ3v) is 1.82. The molecule has 0 aliphatic heterocycles. The molecule has 0 aliphatic rings. The zero-order valence-electron chi connectivity index (χ0n) is 7.99. The summed E-state index contributed by atoms with van der Waals surface area (Å²) in [6.07, 6.45) is 2.77. The fourth-order valence-electron chi connectivity index (χ4n) is 1.17. The molecular formula is C8H16N4. The second kappa shape index (κ2) is 4.21. The van der Waals surface area contributed by atoms with E-state index in [1.54, 1.807) is 6.33 Å². The van der Waals surface area contributed by atoms with Crippen LogP contribution in [0.5, 0.6) is 0 Å². The van der Waals surface area contributed by atoms with Crippen LogP contribution in [0, 0.1) is 0 Å². The molecule has 0 N–H and O–H groups in total. The molecule has 0 saturated heterocycles. The third-order valence-electron chi connectivity index (χ3n) is 1.82. The van der Waals surface area contributed by atoms with Gasteiger partial charge in [0.1, 0.15) is 12.2 Å². The number of aryl methyl sites for hydroxylation is 1. The standard InChI is InChI=1S/C8H16N4/c1-4-5-11(2)6-8-9-7-10-12(8)3/h7H,4-6H2,1-3H3. The Morgan fingerprint density at radius 1 is 1.58 bits per heavy atom. The highest BCUT2D eigenvalue weighted by Crippen LogP contribution is 1.97. The molecule has 1 aromatic heterocycles. The predicted octanol–water partition coefficient (Wildman–Crippen LogP) is 0.657.